The van der Waals surface area contributed by atoms with Gasteiger partial charge in [0.1, 0.15) is 0 Å². The van der Waals surface area contributed by atoms with Gasteiger partial charge in [0.2, 0.25) is 0 Å². The van der Waals surface area contributed by atoms with Gasteiger partial charge in [0.05, 0.1) is 0 Å². The van der Waals surface area contributed by atoms with Gasteiger partial charge in [-0.3, -0.25) is 0 Å². The molecule has 0 aromatic carbocycles. The summed E-state index contributed by atoms with van der Waals surface area (Å²) in [5.41, 5.74) is 10.6. The Balaban J connectivity index is 0. The maximum atomic E-state index is 8.32. The van der Waals surface area contributed by atoms with E-state index in [1.54, 1.807) is 0 Å². The Hall–Kier alpha value is -0.160. The van der Waals surface area contributed by atoms with Crippen LogP contribution in [0.3, 0.4) is 0 Å². The van der Waals surface area contributed by atoms with Gasteiger partial charge in [0.15, 0.2) is 0 Å². The minimum absolute atomic E-state index is 0.184. The molecule has 0 unspecified atom stereocenters. The average molecular weight is 206 g/mol. The van der Waals surface area contributed by atoms with Crippen LogP contribution in [0.15, 0.2) is 0 Å². The van der Waals surface area contributed by atoms with Crippen molar-refractivity contribution in [3.8, 4) is 0 Å². The molecule has 0 atom stereocenters. The van der Waals surface area contributed by atoms with Crippen molar-refractivity contribution in [2.45, 2.75) is 51.6 Å². The van der Waals surface area contributed by atoms with Gasteiger partial charge in [-0.15, -0.1) is 0 Å². The van der Waals surface area contributed by atoms with Crippen molar-refractivity contribution in [3.05, 3.63) is 0 Å². The molecule has 0 aliphatic rings. The summed E-state index contributed by atoms with van der Waals surface area (Å²) in [6, 6.07) is 0. The molecule has 14 heavy (non-hydrogen) atoms. The van der Waals surface area contributed by atoms with E-state index < -0.39 is 0 Å². The first-order chi connectivity index (χ1) is 6.12. The first kappa shape index (κ1) is 16.3. The maximum Gasteiger partial charge on any atom is 0.0448 e. The summed E-state index contributed by atoms with van der Waals surface area (Å²) < 4.78 is 0. The van der Waals surface area contributed by atoms with Crippen molar-refractivity contribution in [2.75, 3.05) is 13.2 Å². The molecule has 0 heterocycles. The number of nitrogens with two attached hydrogens (primary N) is 2. The lowest BCUT2D eigenvalue weighted by Crippen LogP contribution is -2.32. The molecule has 6 N–H and O–H groups in total. The molecule has 0 radical (unpaired) electrons. The summed E-state index contributed by atoms with van der Waals surface area (Å²) in [5, 5.41) is 16.6. The van der Waals surface area contributed by atoms with Crippen LogP contribution in [-0.4, -0.2) is 34.5 Å². The highest BCUT2D eigenvalue weighted by molar-refractivity contribution is 4.70. The second-order valence-electron chi connectivity index (χ2n) is 4.92. The highest BCUT2D eigenvalue weighted by Gasteiger charge is 2.07. The van der Waals surface area contributed by atoms with Gasteiger partial charge in [0, 0.05) is 24.3 Å². The zero-order valence-corrected chi connectivity index (χ0v) is 9.88. The van der Waals surface area contributed by atoms with Crippen LogP contribution >= 0.6 is 0 Å². The smallest absolute Gasteiger partial charge is 0.0448 e. The lowest BCUT2D eigenvalue weighted by molar-refractivity contribution is 0.253. The van der Waals surface area contributed by atoms with Crippen LogP contribution in [0.5, 0.6) is 0 Å². The van der Waals surface area contributed by atoms with Crippen molar-refractivity contribution >= 4 is 0 Å². The lowest BCUT2D eigenvalue weighted by Gasteiger charge is -2.15. The molecular formula is C10H26N2O2. The molecule has 4 nitrogen and oxygen atoms in total. The lowest BCUT2D eigenvalue weighted by atomic mass is 10.0. The van der Waals surface area contributed by atoms with E-state index in [1.807, 2.05) is 27.7 Å². The van der Waals surface area contributed by atoms with Crippen LogP contribution in [-0.2, 0) is 0 Å². The minimum Gasteiger partial charge on any atom is -0.396 e. The number of rotatable bonds is 4. The predicted molar refractivity (Wildman–Crippen MR) is 59.9 cm³/mol. The summed E-state index contributed by atoms with van der Waals surface area (Å²) in [5.74, 6) is 0. The Kier molecular flexibility index (Phi) is 8.34. The monoisotopic (exact) mass is 206 g/mol. The third kappa shape index (κ3) is 22.6. The fraction of sp³-hybridized carbons (Fsp3) is 1.00. The van der Waals surface area contributed by atoms with E-state index in [1.165, 1.54) is 0 Å². The largest absolute Gasteiger partial charge is 0.396 e. The van der Waals surface area contributed by atoms with E-state index in [2.05, 4.69) is 0 Å². The molecule has 0 rings (SSSR count). The minimum atomic E-state index is -0.200. The third-order valence-corrected chi connectivity index (χ3v) is 1.51. The van der Waals surface area contributed by atoms with Gasteiger partial charge in [0.25, 0.3) is 0 Å². The summed E-state index contributed by atoms with van der Waals surface area (Å²) in [7, 11) is 0. The molecule has 0 aliphatic carbocycles. The molecule has 0 aromatic rings. The molecule has 0 amide bonds. The zero-order valence-electron chi connectivity index (χ0n) is 9.88. The van der Waals surface area contributed by atoms with Crippen LogP contribution in [0.2, 0.25) is 0 Å². The fourth-order valence-electron chi connectivity index (χ4n) is 0.576. The number of aliphatic hydroxyl groups is 2. The molecule has 0 bridgehead atoms. The average Bonchev–Trinajstić information content (AvgIpc) is 1.81. The molecule has 0 spiro atoms. The van der Waals surface area contributed by atoms with Crippen LogP contribution in [0, 0.1) is 0 Å². The highest BCUT2D eigenvalue weighted by atomic mass is 16.3. The van der Waals surface area contributed by atoms with Crippen LogP contribution in [0.4, 0.5) is 0 Å². The second-order valence-corrected chi connectivity index (χ2v) is 4.92. The molecule has 0 fully saturated rings. The summed E-state index contributed by atoms with van der Waals surface area (Å²) in [6.45, 7) is 7.94. The van der Waals surface area contributed by atoms with E-state index >= 15 is 0 Å². The van der Waals surface area contributed by atoms with Crippen molar-refractivity contribution < 1.29 is 10.2 Å². The van der Waals surface area contributed by atoms with Crippen molar-refractivity contribution in [1.82, 2.24) is 0 Å². The molecule has 4 heteroatoms. The van der Waals surface area contributed by atoms with Gasteiger partial charge in [-0.1, -0.05) is 0 Å². The number of aliphatic hydroxyl groups excluding tert-OH is 2. The van der Waals surface area contributed by atoms with Crippen molar-refractivity contribution in [3.63, 3.8) is 0 Å². The standard InChI is InChI=1S/2C5H13NO/c2*1-5(2,6)3-4-7/h2*7H,3-4,6H2,1-2H3. The van der Waals surface area contributed by atoms with Gasteiger partial charge in [-0.2, -0.15) is 0 Å². The van der Waals surface area contributed by atoms with Gasteiger partial charge in [-0.05, 0) is 40.5 Å². The van der Waals surface area contributed by atoms with Gasteiger partial charge >= 0.3 is 0 Å². The Bertz CT molecular complexity index is 109. The first-order valence-electron chi connectivity index (χ1n) is 4.92. The van der Waals surface area contributed by atoms with Crippen LogP contribution in [0.25, 0.3) is 0 Å². The number of hydrogen-bond donors (Lipinski definition) is 4. The van der Waals surface area contributed by atoms with E-state index in [0.29, 0.717) is 12.8 Å². The fourth-order valence-corrected chi connectivity index (χ4v) is 0.576. The summed E-state index contributed by atoms with van der Waals surface area (Å²) in [4.78, 5) is 0. The Morgan fingerprint density at radius 3 is 1.00 bits per heavy atom. The quantitative estimate of drug-likeness (QED) is 0.529. The summed E-state index contributed by atoms with van der Waals surface area (Å²) >= 11 is 0. The zero-order chi connectivity index (χ0) is 11.8. The maximum absolute atomic E-state index is 8.32. The molecule has 88 valence electrons. The third-order valence-electron chi connectivity index (χ3n) is 1.51. The highest BCUT2D eigenvalue weighted by Crippen LogP contribution is 2.00. The number of hydrogen-bond acceptors (Lipinski definition) is 4. The molecular weight excluding hydrogens is 180 g/mol. The first-order valence-corrected chi connectivity index (χ1v) is 4.92. The SMILES string of the molecule is CC(C)(N)CCO.CC(C)(N)CCO. The van der Waals surface area contributed by atoms with Crippen LogP contribution < -0.4 is 11.5 Å². The normalized spacial score (nSPS) is 12.0. The summed E-state index contributed by atoms with van der Waals surface area (Å²) in [6.07, 6.45) is 1.35. The van der Waals surface area contributed by atoms with Crippen molar-refractivity contribution in [2.24, 2.45) is 11.5 Å². The molecule has 0 saturated carbocycles. The Labute approximate surface area is 87.3 Å². The molecule has 0 aliphatic heterocycles. The van der Waals surface area contributed by atoms with Crippen LogP contribution in [0.1, 0.15) is 40.5 Å². The Morgan fingerprint density at radius 2 is 1.00 bits per heavy atom. The van der Waals surface area contributed by atoms with Gasteiger partial charge < -0.3 is 21.7 Å². The van der Waals surface area contributed by atoms with Gasteiger partial charge in [-0.25, -0.2) is 0 Å². The van der Waals surface area contributed by atoms with E-state index in [4.69, 9.17) is 21.7 Å². The van der Waals surface area contributed by atoms with E-state index in [0.717, 1.165) is 0 Å². The predicted octanol–water partition coefficient (Wildman–Crippen LogP) is 0.212. The topological polar surface area (TPSA) is 92.5 Å². The van der Waals surface area contributed by atoms with E-state index in [9.17, 15) is 0 Å². The molecule has 0 aromatic heterocycles. The second kappa shape index (κ2) is 7.17. The van der Waals surface area contributed by atoms with Crippen molar-refractivity contribution in [1.29, 1.82) is 0 Å². The van der Waals surface area contributed by atoms with E-state index in [-0.39, 0.29) is 24.3 Å². The molecule has 0 saturated heterocycles. The Morgan fingerprint density at radius 1 is 0.786 bits per heavy atom.